The Kier molecular flexibility index (Phi) is 7.10. The van der Waals surface area contributed by atoms with Gasteiger partial charge in [-0.2, -0.15) is 0 Å². The number of carbonyl (C=O) groups excluding carboxylic acids is 2. The molecule has 3 rings (SSSR count). The summed E-state index contributed by atoms with van der Waals surface area (Å²) in [6.07, 6.45) is 4.92. The van der Waals surface area contributed by atoms with Crippen LogP contribution in [0.15, 0.2) is 48.3 Å². The summed E-state index contributed by atoms with van der Waals surface area (Å²) in [5, 5.41) is 11.1. The average molecular weight is 423 g/mol. The van der Waals surface area contributed by atoms with Gasteiger partial charge in [0.05, 0.1) is 18.2 Å². The Labute approximate surface area is 183 Å². The smallest absolute Gasteiger partial charge is 0.295 e. The molecular formula is C25H30N2O4. The van der Waals surface area contributed by atoms with Gasteiger partial charge >= 0.3 is 0 Å². The van der Waals surface area contributed by atoms with E-state index < -0.39 is 17.7 Å². The second kappa shape index (κ2) is 9.77. The molecule has 0 spiro atoms. The van der Waals surface area contributed by atoms with E-state index in [0.717, 1.165) is 29.7 Å². The molecular weight excluding hydrogens is 392 g/mol. The summed E-state index contributed by atoms with van der Waals surface area (Å²) in [7, 11) is 0. The Morgan fingerprint density at radius 3 is 2.52 bits per heavy atom. The lowest BCUT2D eigenvalue weighted by Crippen LogP contribution is -2.30. The van der Waals surface area contributed by atoms with Crippen LogP contribution < -0.4 is 4.74 Å². The molecule has 31 heavy (non-hydrogen) atoms. The fourth-order valence-electron chi connectivity index (χ4n) is 3.70. The van der Waals surface area contributed by atoms with Crippen LogP contribution in [-0.2, 0) is 9.59 Å². The lowest BCUT2D eigenvalue weighted by Gasteiger charge is -2.25. The molecule has 0 radical (unpaired) electrons. The summed E-state index contributed by atoms with van der Waals surface area (Å²) in [5.74, 6) is -0.275. The van der Waals surface area contributed by atoms with E-state index in [1.54, 1.807) is 47.6 Å². The van der Waals surface area contributed by atoms with Crippen LogP contribution in [0.25, 0.3) is 5.76 Å². The Hall–Kier alpha value is -3.15. The number of nitrogens with zero attached hydrogens (tertiary/aromatic N) is 2. The van der Waals surface area contributed by atoms with Crippen molar-refractivity contribution in [1.82, 2.24) is 9.88 Å². The van der Waals surface area contributed by atoms with Gasteiger partial charge in [-0.05, 0) is 60.7 Å². The van der Waals surface area contributed by atoms with Crippen molar-refractivity contribution in [3.63, 3.8) is 0 Å². The second-order valence-corrected chi connectivity index (χ2v) is 8.31. The standard InChI is InChI=1S/C25H30N2O4/c1-5-6-13-27-22(18-9-11-26-12-10-18)21(24(29)25(27)30)23(28)19-7-8-20(17(4)14-19)31-15-16(2)3/h7-12,14,16,22,28H,5-6,13,15H2,1-4H3/b23-21-. The molecule has 6 nitrogen and oxygen atoms in total. The van der Waals surface area contributed by atoms with Gasteiger partial charge in [0.15, 0.2) is 0 Å². The number of aryl methyl sites for hydroxylation is 1. The van der Waals surface area contributed by atoms with E-state index in [4.69, 9.17) is 4.74 Å². The molecule has 6 heteroatoms. The summed E-state index contributed by atoms with van der Waals surface area (Å²) in [5.41, 5.74) is 2.20. The molecule has 1 aliphatic rings. The fraction of sp³-hybridized carbons (Fsp3) is 0.400. The molecule has 1 unspecified atom stereocenters. The van der Waals surface area contributed by atoms with Gasteiger partial charge in [-0.3, -0.25) is 14.6 Å². The van der Waals surface area contributed by atoms with Crippen molar-refractivity contribution in [2.45, 2.75) is 46.6 Å². The number of hydrogen-bond donors (Lipinski definition) is 1. The van der Waals surface area contributed by atoms with Crippen LogP contribution >= 0.6 is 0 Å². The van der Waals surface area contributed by atoms with Crippen LogP contribution in [0.1, 0.15) is 56.3 Å². The predicted molar refractivity (Wildman–Crippen MR) is 120 cm³/mol. The topological polar surface area (TPSA) is 79.7 Å². The van der Waals surface area contributed by atoms with E-state index in [9.17, 15) is 14.7 Å². The molecule has 1 aromatic carbocycles. The number of rotatable bonds is 8. The lowest BCUT2D eigenvalue weighted by molar-refractivity contribution is -0.139. The van der Waals surface area contributed by atoms with Gasteiger partial charge in [0, 0.05) is 24.5 Å². The van der Waals surface area contributed by atoms with Crippen LogP contribution in [0.2, 0.25) is 0 Å². The largest absolute Gasteiger partial charge is 0.507 e. The summed E-state index contributed by atoms with van der Waals surface area (Å²) in [6, 6.07) is 8.22. The number of aromatic nitrogens is 1. The number of carbonyl (C=O) groups is 2. The summed E-state index contributed by atoms with van der Waals surface area (Å²) < 4.78 is 5.81. The zero-order valence-corrected chi connectivity index (χ0v) is 18.6. The molecule has 1 aliphatic heterocycles. The minimum absolute atomic E-state index is 0.113. The van der Waals surface area contributed by atoms with Crippen LogP contribution in [0.5, 0.6) is 5.75 Å². The molecule has 0 saturated carbocycles. The molecule has 0 aliphatic carbocycles. The first kappa shape index (κ1) is 22.5. The average Bonchev–Trinajstić information content (AvgIpc) is 3.01. The molecule has 1 saturated heterocycles. The highest BCUT2D eigenvalue weighted by molar-refractivity contribution is 6.46. The third-order valence-electron chi connectivity index (χ3n) is 5.33. The zero-order chi connectivity index (χ0) is 22.5. The minimum Gasteiger partial charge on any atom is -0.507 e. The summed E-state index contributed by atoms with van der Waals surface area (Å²) in [4.78, 5) is 31.4. The molecule has 0 bridgehead atoms. The Morgan fingerprint density at radius 2 is 1.90 bits per heavy atom. The highest BCUT2D eigenvalue weighted by Crippen LogP contribution is 2.39. The van der Waals surface area contributed by atoms with Crippen LogP contribution in [0.4, 0.5) is 0 Å². The van der Waals surface area contributed by atoms with Crippen LogP contribution in [0, 0.1) is 12.8 Å². The number of ether oxygens (including phenoxy) is 1. The highest BCUT2D eigenvalue weighted by Gasteiger charge is 2.45. The second-order valence-electron chi connectivity index (χ2n) is 8.31. The zero-order valence-electron chi connectivity index (χ0n) is 18.6. The van der Waals surface area contributed by atoms with Crippen molar-refractivity contribution < 1.29 is 19.4 Å². The van der Waals surface area contributed by atoms with Crippen molar-refractivity contribution in [3.8, 4) is 5.75 Å². The lowest BCUT2D eigenvalue weighted by atomic mass is 9.95. The van der Waals surface area contributed by atoms with Gasteiger partial charge in [0.2, 0.25) is 0 Å². The minimum atomic E-state index is -0.659. The number of ketones is 1. The van der Waals surface area contributed by atoms with Gasteiger partial charge in [-0.1, -0.05) is 27.2 Å². The first-order valence-electron chi connectivity index (χ1n) is 10.8. The van der Waals surface area contributed by atoms with E-state index in [2.05, 4.69) is 18.8 Å². The first-order chi connectivity index (χ1) is 14.8. The molecule has 1 fully saturated rings. The van der Waals surface area contributed by atoms with Crippen molar-refractivity contribution in [2.24, 2.45) is 5.92 Å². The third-order valence-corrected chi connectivity index (χ3v) is 5.33. The number of likely N-dealkylation sites (tertiary alicyclic amines) is 1. The van der Waals surface area contributed by atoms with Crippen molar-refractivity contribution in [3.05, 3.63) is 65.0 Å². The summed E-state index contributed by atoms with van der Waals surface area (Å²) in [6.45, 7) is 9.12. The third kappa shape index (κ3) is 4.79. The van der Waals surface area contributed by atoms with Crippen molar-refractivity contribution >= 4 is 17.4 Å². The number of aliphatic hydroxyl groups is 1. The Morgan fingerprint density at radius 1 is 1.19 bits per heavy atom. The van der Waals surface area contributed by atoms with Crippen LogP contribution in [0.3, 0.4) is 0 Å². The summed E-state index contributed by atoms with van der Waals surface area (Å²) >= 11 is 0. The van der Waals surface area contributed by atoms with E-state index in [0.29, 0.717) is 24.6 Å². The van der Waals surface area contributed by atoms with E-state index in [-0.39, 0.29) is 11.3 Å². The number of amides is 1. The van der Waals surface area contributed by atoms with Gasteiger partial charge in [-0.15, -0.1) is 0 Å². The molecule has 1 aromatic heterocycles. The number of Topliss-reactive ketones (excluding diaryl/α,β-unsaturated/α-hetero) is 1. The number of aliphatic hydroxyl groups excluding tert-OH is 1. The van der Waals surface area contributed by atoms with Crippen LogP contribution in [-0.4, -0.2) is 39.8 Å². The quantitative estimate of drug-likeness (QED) is 0.381. The first-order valence-corrected chi connectivity index (χ1v) is 10.8. The van der Waals surface area contributed by atoms with Crippen molar-refractivity contribution in [2.75, 3.05) is 13.2 Å². The van der Waals surface area contributed by atoms with Gasteiger partial charge in [-0.25, -0.2) is 0 Å². The Balaban J connectivity index is 2.05. The maximum Gasteiger partial charge on any atom is 0.295 e. The number of unbranched alkanes of at least 4 members (excludes halogenated alkanes) is 1. The van der Waals surface area contributed by atoms with Crippen molar-refractivity contribution in [1.29, 1.82) is 0 Å². The van der Waals surface area contributed by atoms with Gasteiger partial charge in [0.1, 0.15) is 11.5 Å². The maximum atomic E-state index is 13.0. The molecule has 1 amide bonds. The number of benzene rings is 1. The monoisotopic (exact) mass is 422 g/mol. The molecule has 2 aromatic rings. The Bertz CT molecular complexity index is 982. The van der Waals surface area contributed by atoms with E-state index in [1.807, 2.05) is 13.8 Å². The van der Waals surface area contributed by atoms with E-state index in [1.165, 1.54) is 0 Å². The van der Waals surface area contributed by atoms with Gasteiger partial charge < -0.3 is 14.7 Å². The maximum absolute atomic E-state index is 13.0. The number of hydrogen-bond acceptors (Lipinski definition) is 5. The highest BCUT2D eigenvalue weighted by atomic mass is 16.5. The molecule has 2 heterocycles. The molecule has 1 N–H and O–H groups in total. The number of pyridine rings is 1. The van der Waals surface area contributed by atoms with E-state index >= 15 is 0 Å². The fourth-order valence-corrected chi connectivity index (χ4v) is 3.70. The molecule has 164 valence electrons. The van der Waals surface area contributed by atoms with Gasteiger partial charge in [0.25, 0.3) is 11.7 Å². The molecule has 1 atom stereocenters. The SMILES string of the molecule is CCCCN1C(=O)C(=O)/C(=C(\O)c2ccc(OCC(C)C)c(C)c2)C1c1ccncc1. The normalized spacial score (nSPS) is 18.1. The predicted octanol–water partition coefficient (Wildman–Crippen LogP) is 4.65.